The van der Waals surface area contributed by atoms with Crippen molar-refractivity contribution in [2.75, 3.05) is 6.54 Å². The third kappa shape index (κ3) is 12.5. The van der Waals surface area contributed by atoms with Crippen molar-refractivity contribution in [3.63, 3.8) is 0 Å². The minimum atomic E-state index is -0.998. The molecule has 0 aliphatic carbocycles. The Bertz CT molecular complexity index is 1120. The second-order valence-electron chi connectivity index (χ2n) is 9.88. The molecule has 0 aliphatic rings. The number of hydrogen-bond donors (Lipinski definition) is 5. The number of carbonyl (C=O) groups is 4. The molecule has 0 saturated carbocycles. The molecule has 0 bridgehead atoms. The highest BCUT2D eigenvalue weighted by molar-refractivity contribution is 5.91. The molecule has 0 aromatic heterocycles. The minimum Gasteiger partial charge on any atom is -0.445 e. The maximum atomic E-state index is 13.4. The Morgan fingerprint density at radius 1 is 0.927 bits per heavy atom. The van der Waals surface area contributed by atoms with Crippen LogP contribution >= 0.6 is 0 Å². The number of nitrogens with one attached hydrogen (secondary N) is 3. The summed E-state index contributed by atoms with van der Waals surface area (Å²) in [4.78, 5) is 54.7. The Kier molecular flexibility index (Phi) is 14.4. The van der Waals surface area contributed by atoms with Crippen LogP contribution in [0.15, 0.2) is 65.7 Å². The number of alkyl carbamates (subject to hydrolysis) is 1. The number of amides is 3. The fraction of sp³-hybridized carbons (Fsp3) is 0.433. The van der Waals surface area contributed by atoms with E-state index in [9.17, 15) is 19.2 Å². The number of aliphatic imine (C=N–C) groups is 1. The fourth-order valence-electron chi connectivity index (χ4n) is 4.13. The highest BCUT2D eigenvalue weighted by Gasteiger charge is 2.31. The van der Waals surface area contributed by atoms with Gasteiger partial charge in [-0.05, 0) is 36.3 Å². The Balaban J connectivity index is 2.11. The summed E-state index contributed by atoms with van der Waals surface area (Å²) in [6.07, 6.45) is 1.81. The number of nitrogens with two attached hydrogens (primary N) is 2. The third-order valence-electron chi connectivity index (χ3n) is 6.61. The first kappa shape index (κ1) is 32.8. The monoisotopic (exact) mass is 566 g/mol. The molecule has 0 saturated heterocycles. The lowest BCUT2D eigenvalue weighted by molar-refractivity contribution is -0.131. The molecule has 11 heteroatoms. The smallest absolute Gasteiger partial charge is 0.408 e. The number of carbonyl (C=O) groups excluding carboxylic acids is 4. The lowest BCUT2D eigenvalue weighted by Crippen LogP contribution is -2.57. The SMILES string of the molecule is CC[C@H](C)[C@H](NC(=O)[C@H](CCCN=C(N)N)NC(=O)OCc1ccccc1)C(=O)N[C@H](CC=O)Cc1ccccc1. The summed E-state index contributed by atoms with van der Waals surface area (Å²) in [6.45, 7) is 4.06. The average molecular weight is 567 g/mol. The molecule has 0 spiro atoms. The first-order valence-corrected chi connectivity index (χ1v) is 13.8. The zero-order valence-electron chi connectivity index (χ0n) is 23.8. The first-order chi connectivity index (χ1) is 19.7. The van der Waals surface area contributed by atoms with E-state index in [1.54, 1.807) is 0 Å². The molecule has 7 N–H and O–H groups in total. The molecular weight excluding hydrogens is 524 g/mol. The number of aldehydes is 1. The molecule has 11 nitrogen and oxygen atoms in total. The van der Waals surface area contributed by atoms with Crippen LogP contribution < -0.4 is 27.4 Å². The van der Waals surface area contributed by atoms with E-state index in [1.807, 2.05) is 74.5 Å². The standard InChI is InChI=1S/C30H42N6O5/c1-3-21(2)26(28(39)34-24(16-18-37)19-22-11-6-4-7-12-22)36-27(38)25(15-10-17-33-29(31)32)35-30(40)41-20-23-13-8-5-9-14-23/h4-9,11-14,18,21,24-26H,3,10,15-17,19-20H2,1-2H3,(H,34,39)(H,35,40)(H,36,38)(H4,31,32,33)/t21-,24+,25-,26-/m0/s1. The van der Waals surface area contributed by atoms with E-state index in [2.05, 4.69) is 20.9 Å². The van der Waals surface area contributed by atoms with Crippen LogP contribution in [0.1, 0.15) is 50.7 Å². The van der Waals surface area contributed by atoms with Crippen LogP contribution in [0.5, 0.6) is 0 Å². The molecule has 2 aromatic carbocycles. The van der Waals surface area contributed by atoms with E-state index >= 15 is 0 Å². The number of benzene rings is 2. The van der Waals surface area contributed by atoms with Crippen molar-refractivity contribution >= 4 is 30.2 Å². The van der Waals surface area contributed by atoms with Gasteiger partial charge in [-0.3, -0.25) is 14.6 Å². The van der Waals surface area contributed by atoms with E-state index in [1.165, 1.54) is 0 Å². The van der Waals surface area contributed by atoms with Gasteiger partial charge in [0.15, 0.2) is 5.96 Å². The molecule has 0 unspecified atom stereocenters. The number of nitrogens with zero attached hydrogens (tertiary/aromatic N) is 1. The topological polar surface area (TPSA) is 178 Å². The highest BCUT2D eigenvalue weighted by atomic mass is 16.5. The minimum absolute atomic E-state index is 0.0342. The van der Waals surface area contributed by atoms with Crippen molar-refractivity contribution in [3.8, 4) is 0 Å². The van der Waals surface area contributed by atoms with Crippen LogP contribution in [-0.4, -0.2) is 54.8 Å². The first-order valence-electron chi connectivity index (χ1n) is 13.8. The van der Waals surface area contributed by atoms with Gasteiger partial charge in [0, 0.05) is 19.0 Å². The van der Waals surface area contributed by atoms with Gasteiger partial charge in [-0.15, -0.1) is 0 Å². The van der Waals surface area contributed by atoms with Crippen LogP contribution in [0, 0.1) is 5.92 Å². The van der Waals surface area contributed by atoms with Crippen molar-refractivity contribution < 1.29 is 23.9 Å². The lowest BCUT2D eigenvalue weighted by Gasteiger charge is -2.28. The molecule has 222 valence electrons. The zero-order chi connectivity index (χ0) is 30.0. The maximum absolute atomic E-state index is 13.4. The summed E-state index contributed by atoms with van der Waals surface area (Å²) in [7, 11) is 0. The number of hydrogen-bond acceptors (Lipinski definition) is 6. The van der Waals surface area contributed by atoms with Crippen molar-refractivity contribution in [1.29, 1.82) is 0 Å². The summed E-state index contributed by atoms with van der Waals surface area (Å²) in [6, 6.07) is 16.3. The normalized spacial score (nSPS) is 13.5. The number of guanidine groups is 1. The van der Waals surface area contributed by atoms with Gasteiger partial charge in [0.2, 0.25) is 11.8 Å². The molecule has 0 heterocycles. The van der Waals surface area contributed by atoms with Crippen LogP contribution in [0.3, 0.4) is 0 Å². The maximum Gasteiger partial charge on any atom is 0.408 e. The lowest BCUT2D eigenvalue weighted by atomic mass is 9.96. The molecule has 2 rings (SSSR count). The van der Waals surface area contributed by atoms with E-state index in [0.717, 1.165) is 17.4 Å². The molecule has 41 heavy (non-hydrogen) atoms. The van der Waals surface area contributed by atoms with Gasteiger partial charge in [-0.2, -0.15) is 0 Å². The van der Waals surface area contributed by atoms with Crippen molar-refractivity contribution in [3.05, 3.63) is 71.8 Å². The Morgan fingerprint density at radius 3 is 2.15 bits per heavy atom. The number of rotatable bonds is 17. The predicted molar refractivity (Wildman–Crippen MR) is 158 cm³/mol. The summed E-state index contributed by atoms with van der Waals surface area (Å²) < 4.78 is 5.30. The summed E-state index contributed by atoms with van der Waals surface area (Å²) in [5, 5.41) is 8.35. The molecule has 2 aromatic rings. The zero-order valence-corrected chi connectivity index (χ0v) is 23.8. The Morgan fingerprint density at radius 2 is 1.56 bits per heavy atom. The van der Waals surface area contributed by atoms with Crippen molar-refractivity contribution in [2.45, 2.75) is 70.7 Å². The van der Waals surface area contributed by atoms with Crippen LogP contribution in [0.4, 0.5) is 4.79 Å². The Hall–Kier alpha value is -4.41. The molecule has 0 radical (unpaired) electrons. The summed E-state index contributed by atoms with van der Waals surface area (Å²) in [5.74, 6) is -1.24. The van der Waals surface area contributed by atoms with Gasteiger partial charge >= 0.3 is 6.09 Å². The van der Waals surface area contributed by atoms with Crippen molar-refractivity contribution in [2.24, 2.45) is 22.4 Å². The molecular formula is C30H42N6O5. The summed E-state index contributed by atoms with van der Waals surface area (Å²) >= 11 is 0. The average Bonchev–Trinajstić information content (AvgIpc) is 2.96. The molecule has 3 amide bonds. The summed E-state index contributed by atoms with van der Waals surface area (Å²) in [5.41, 5.74) is 12.6. The van der Waals surface area contributed by atoms with Gasteiger partial charge in [0.1, 0.15) is 25.0 Å². The number of ether oxygens (including phenoxy) is 1. The van der Waals surface area contributed by atoms with Gasteiger partial charge < -0.3 is 36.9 Å². The largest absolute Gasteiger partial charge is 0.445 e. The van der Waals surface area contributed by atoms with Crippen LogP contribution in [0.2, 0.25) is 0 Å². The van der Waals surface area contributed by atoms with Crippen LogP contribution in [0.25, 0.3) is 0 Å². The van der Waals surface area contributed by atoms with E-state index in [4.69, 9.17) is 16.2 Å². The van der Waals surface area contributed by atoms with Gasteiger partial charge in [-0.25, -0.2) is 4.79 Å². The van der Waals surface area contributed by atoms with Gasteiger partial charge in [0.25, 0.3) is 0 Å². The third-order valence-corrected chi connectivity index (χ3v) is 6.61. The van der Waals surface area contributed by atoms with Crippen LogP contribution in [-0.2, 0) is 32.1 Å². The molecule has 0 aliphatic heterocycles. The Labute approximate surface area is 241 Å². The predicted octanol–water partition coefficient (Wildman–Crippen LogP) is 2.18. The fourth-order valence-corrected chi connectivity index (χ4v) is 4.13. The van der Waals surface area contributed by atoms with Gasteiger partial charge in [0.05, 0.1) is 0 Å². The van der Waals surface area contributed by atoms with E-state index in [-0.39, 0.29) is 37.9 Å². The highest BCUT2D eigenvalue weighted by Crippen LogP contribution is 2.12. The second kappa shape index (κ2) is 18.0. The quantitative estimate of drug-likeness (QED) is 0.0843. The molecule has 4 atom stereocenters. The van der Waals surface area contributed by atoms with E-state index < -0.39 is 36.0 Å². The second-order valence-corrected chi connectivity index (χ2v) is 9.88. The van der Waals surface area contributed by atoms with Gasteiger partial charge in [-0.1, -0.05) is 80.9 Å². The van der Waals surface area contributed by atoms with Crippen molar-refractivity contribution in [1.82, 2.24) is 16.0 Å². The molecule has 0 fully saturated rings. The van der Waals surface area contributed by atoms with E-state index in [0.29, 0.717) is 19.3 Å².